The third kappa shape index (κ3) is 4.03. The van der Waals surface area contributed by atoms with Crippen LogP contribution in [-0.4, -0.2) is 50.6 Å². The minimum Gasteiger partial charge on any atom is -0.476 e. The van der Waals surface area contributed by atoms with E-state index in [-0.39, 0.29) is 23.7 Å². The molecule has 0 unspecified atom stereocenters. The molecule has 150 valence electrons. The number of hydrogen-bond acceptors (Lipinski definition) is 4. The Morgan fingerprint density at radius 3 is 2.59 bits per heavy atom. The van der Waals surface area contributed by atoms with Crippen molar-refractivity contribution >= 4 is 16.9 Å². The van der Waals surface area contributed by atoms with Crippen molar-refractivity contribution in [2.45, 2.75) is 6.92 Å². The first-order valence-electron chi connectivity index (χ1n) is 9.87. The smallest absolute Gasteiger partial charge is 0.260 e. The van der Waals surface area contributed by atoms with Crippen molar-refractivity contribution in [1.29, 1.82) is 0 Å². The highest BCUT2D eigenvalue weighted by molar-refractivity contribution is 5.83. The summed E-state index contributed by atoms with van der Waals surface area (Å²) in [6, 6.07) is 14.8. The van der Waals surface area contributed by atoms with Gasteiger partial charge in [-0.15, -0.1) is 0 Å². The summed E-state index contributed by atoms with van der Waals surface area (Å²) in [6.45, 7) is 5.00. The predicted octanol–water partition coefficient (Wildman–Crippen LogP) is 1.50. The minimum atomic E-state index is -0.263. The average molecular weight is 393 g/mol. The van der Waals surface area contributed by atoms with Gasteiger partial charge in [0.2, 0.25) is 11.2 Å². The summed E-state index contributed by atoms with van der Waals surface area (Å²) < 4.78 is 11.9. The lowest BCUT2D eigenvalue weighted by Gasteiger charge is -2.30. The quantitative estimate of drug-likeness (QED) is 0.730. The van der Waals surface area contributed by atoms with E-state index in [1.165, 1.54) is 4.90 Å². The second-order valence-electron chi connectivity index (χ2n) is 7.58. The van der Waals surface area contributed by atoms with Crippen LogP contribution < -0.4 is 15.1 Å². The van der Waals surface area contributed by atoms with Crippen LogP contribution in [0, 0.1) is 6.92 Å². The van der Waals surface area contributed by atoms with Gasteiger partial charge in [-0.3, -0.25) is 9.59 Å². The van der Waals surface area contributed by atoms with Gasteiger partial charge in [-0.05, 0) is 24.6 Å². The number of aryl methyl sites for hydroxylation is 1. The second-order valence-corrected chi connectivity index (χ2v) is 7.58. The van der Waals surface area contributed by atoms with Gasteiger partial charge in [0.05, 0.1) is 38.6 Å². The third-order valence-corrected chi connectivity index (χ3v) is 5.35. The average Bonchev–Trinajstić information content (AvgIpc) is 2.73. The van der Waals surface area contributed by atoms with Crippen LogP contribution in [0.1, 0.15) is 5.56 Å². The van der Waals surface area contributed by atoms with Crippen LogP contribution in [0.15, 0.2) is 57.7 Å². The maximum atomic E-state index is 13.2. The van der Waals surface area contributed by atoms with Gasteiger partial charge < -0.3 is 19.0 Å². The van der Waals surface area contributed by atoms with Crippen molar-refractivity contribution in [1.82, 2.24) is 4.90 Å². The molecule has 1 amide bonds. The van der Waals surface area contributed by atoms with E-state index in [0.717, 1.165) is 24.2 Å². The van der Waals surface area contributed by atoms with Crippen molar-refractivity contribution in [2.75, 3.05) is 39.8 Å². The summed E-state index contributed by atoms with van der Waals surface area (Å²) in [4.78, 5) is 29.0. The highest BCUT2D eigenvalue weighted by Gasteiger charge is 2.24. The molecule has 29 heavy (non-hydrogen) atoms. The van der Waals surface area contributed by atoms with Crippen LogP contribution in [0.25, 0.3) is 22.3 Å². The zero-order valence-electron chi connectivity index (χ0n) is 16.7. The molecule has 1 aliphatic heterocycles. The first kappa shape index (κ1) is 19.2. The number of quaternary nitrogens is 1. The number of rotatable bonds is 4. The van der Waals surface area contributed by atoms with Gasteiger partial charge in [0.25, 0.3) is 5.91 Å². The molecule has 4 rings (SSSR count). The Labute approximate surface area is 169 Å². The number of carbonyl (C=O) groups is 1. The zero-order chi connectivity index (χ0) is 20.4. The summed E-state index contributed by atoms with van der Waals surface area (Å²) in [7, 11) is 2.12. The summed E-state index contributed by atoms with van der Waals surface area (Å²) in [6.07, 6.45) is 0. The number of amides is 1. The Hall–Kier alpha value is -3.12. The molecule has 0 atom stereocenters. The second kappa shape index (κ2) is 8.09. The van der Waals surface area contributed by atoms with Gasteiger partial charge >= 0.3 is 0 Å². The molecule has 0 spiro atoms. The third-order valence-electron chi connectivity index (χ3n) is 5.35. The number of piperazine rings is 1. The molecule has 1 saturated heterocycles. The van der Waals surface area contributed by atoms with E-state index in [4.69, 9.17) is 9.15 Å². The van der Waals surface area contributed by atoms with E-state index < -0.39 is 0 Å². The molecular formula is C23H25N2O4+. The van der Waals surface area contributed by atoms with Crippen LogP contribution >= 0.6 is 0 Å². The highest BCUT2D eigenvalue weighted by Crippen LogP contribution is 2.31. The Bertz CT molecular complexity index is 1080. The Kier molecular flexibility index (Phi) is 5.36. The van der Waals surface area contributed by atoms with Crippen molar-refractivity contribution < 1.29 is 18.8 Å². The van der Waals surface area contributed by atoms with E-state index in [0.29, 0.717) is 29.8 Å². The molecule has 2 heterocycles. The van der Waals surface area contributed by atoms with E-state index in [1.54, 1.807) is 11.0 Å². The predicted molar refractivity (Wildman–Crippen MR) is 111 cm³/mol. The van der Waals surface area contributed by atoms with Crippen LogP contribution in [0.5, 0.6) is 5.75 Å². The van der Waals surface area contributed by atoms with Gasteiger partial charge in [0, 0.05) is 5.56 Å². The van der Waals surface area contributed by atoms with Gasteiger partial charge in [0.1, 0.15) is 5.58 Å². The van der Waals surface area contributed by atoms with Crippen molar-refractivity contribution in [3.05, 3.63) is 64.3 Å². The SMILES string of the molecule is Cc1ccc2c(=O)c(OCC(=O)N3CC[NH+](C)CC3)c(-c3ccccc3)oc2c1. The van der Waals surface area contributed by atoms with E-state index in [1.807, 2.05) is 49.4 Å². The monoisotopic (exact) mass is 393 g/mol. The molecule has 6 heteroatoms. The number of nitrogens with zero attached hydrogens (tertiary/aromatic N) is 1. The number of hydrogen-bond donors (Lipinski definition) is 1. The summed E-state index contributed by atoms with van der Waals surface area (Å²) in [5.41, 5.74) is 1.98. The lowest BCUT2D eigenvalue weighted by molar-refractivity contribution is -0.883. The standard InChI is InChI=1S/C23H24N2O4/c1-16-8-9-18-19(14-16)29-22(17-6-4-3-5-7-17)23(21(18)27)28-15-20(26)25-12-10-24(2)11-13-25/h3-9,14H,10-13,15H2,1-2H3/p+1. The van der Waals surface area contributed by atoms with Crippen LogP contribution in [0.2, 0.25) is 0 Å². The number of carbonyl (C=O) groups excluding carboxylic acids is 1. The highest BCUT2D eigenvalue weighted by atomic mass is 16.5. The van der Waals surface area contributed by atoms with Crippen molar-refractivity contribution in [2.24, 2.45) is 0 Å². The fraction of sp³-hybridized carbons (Fsp3) is 0.304. The Morgan fingerprint density at radius 2 is 1.86 bits per heavy atom. The molecule has 0 saturated carbocycles. The van der Waals surface area contributed by atoms with E-state index >= 15 is 0 Å². The summed E-state index contributed by atoms with van der Waals surface area (Å²) >= 11 is 0. The fourth-order valence-corrected chi connectivity index (χ4v) is 3.56. The van der Waals surface area contributed by atoms with Gasteiger partial charge in [-0.25, -0.2) is 0 Å². The number of benzene rings is 2. The van der Waals surface area contributed by atoms with Gasteiger partial charge in [-0.2, -0.15) is 0 Å². The topological polar surface area (TPSA) is 64.2 Å². The van der Waals surface area contributed by atoms with Crippen molar-refractivity contribution in [3.8, 4) is 17.1 Å². The molecular weight excluding hydrogens is 368 g/mol. The van der Waals surface area contributed by atoms with Crippen LogP contribution in [-0.2, 0) is 4.79 Å². The minimum absolute atomic E-state index is 0.0839. The lowest BCUT2D eigenvalue weighted by atomic mass is 10.1. The molecule has 1 fully saturated rings. The molecule has 1 N–H and O–H groups in total. The summed E-state index contributed by atoms with van der Waals surface area (Å²) in [5, 5.41) is 0.445. The molecule has 0 radical (unpaired) electrons. The molecule has 6 nitrogen and oxygen atoms in total. The number of nitrogens with one attached hydrogen (secondary N) is 1. The number of ether oxygens (including phenoxy) is 1. The molecule has 0 bridgehead atoms. The summed E-state index contributed by atoms with van der Waals surface area (Å²) in [5.74, 6) is 0.324. The van der Waals surface area contributed by atoms with E-state index in [9.17, 15) is 9.59 Å². The molecule has 0 aliphatic carbocycles. The first-order chi connectivity index (χ1) is 14.0. The number of fused-ring (bicyclic) bond motifs is 1. The first-order valence-corrected chi connectivity index (χ1v) is 9.87. The lowest BCUT2D eigenvalue weighted by Crippen LogP contribution is -3.12. The molecule has 1 aromatic heterocycles. The van der Waals surface area contributed by atoms with Gasteiger partial charge in [0.15, 0.2) is 12.4 Å². The molecule has 2 aromatic carbocycles. The molecule has 3 aromatic rings. The van der Waals surface area contributed by atoms with Crippen LogP contribution in [0.4, 0.5) is 0 Å². The van der Waals surface area contributed by atoms with E-state index in [2.05, 4.69) is 7.05 Å². The Balaban J connectivity index is 1.68. The largest absolute Gasteiger partial charge is 0.476 e. The zero-order valence-corrected chi connectivity index (χ0v) is 16.7. The van der Waals surface area contributed by atoms with Crippen molar-refractivity contribution in [3.63, 3.8) is 0 Å². The maximum Gasteiger partial charge on any atom is 0.260 e. The fourth-order valence-electron chi connectivity index (χ4n) is 3.56. The van der Waals surface area contributed by atoms with Gasteiger partial charge in [-0.1, -0.05) is 36.4 Å². The Morgan fingerprint density at radius 1 is 1.14 bits per heavy atom. The molecule has 1 aliphatic rings. The maximum absolute atomic E-state index is 13.2. The van der Waals surface area contributed by atoms with Crippen LogP contribution in [0.3, 0.4) is 0 Å². The normalized spacial score (nSPS) is 14.9. The number of likely N-dealkylation sites (N-methyl/N-ethyl adjacent to an activating group) is 1.